The molecule has 0 bridgehead atoms. The number of carbonyl (C=O) groups is 1. The van der Waals surface area contributed by atoms with Crippen LogP contribution in [-0.2, 0) is 9.53 Å². The molecule has 1 aliphatic carbocycles. The predicted octanol–water partition coefficient (Wildman–Crippen LogP) is 3.76. The van der Waals surface area contributed by atoms with Gasteiger partial charge in [-0.3, -0.25) is 9.78 Å². The SMILES string of the molecule is COC(=O)CCCN1C(=S)N[C@@H](c2ccccn2)[C@@H]1c1cc(C)n(C2CC2)c1C. The van der Waals surface area contributed by atoms with Crippen LogP contribution in [0.25, 0.3) is 0 Å². The van der Waals surface area contributed by atoms with Gasteiger partial charge in [0.2, 0.25) is 0 Å². The summed E-state index contributed by atoms with van der Waals surface area (Å²) >= 11 is 5.71. The lowest BCUT2D eigenvalue weighted by molar-refractivity contribution is -0.140. The fourth-order valence-corrected chi connectivity index (χ4v) is 4.81. The van der Waals surface area contributed by atoms with Crippen LogP contribution in [0.15, 0.2) is 30.5 Å². The molecule has 1 saturated heterocycles. The maximum absolute atomic E-state index is 11.6. The van der Waals surface area contributed by atoms with Crippen molar-refractivity contribution in [2.45, 2.75) is 57.7 Å². The van der Waals surface area contributed by atoms with Gasteiger partial charge in [0.1, 0.15) is 0 Å². The molecule has 29 heavy (non-hydrogen) atoms. The molecule has 3 heterocycles. The molecule has 1 saturated carbocycles. The zero-order valence-corrected chi connectivity index (χ0v) is 18.0. The molecular weight excluding hydrogens is 384 g/mol. The molecule has 4 rings (SSSR count). The Bertz CT molecular complexity index is 907. The molecule has 2 aliphatic rings. The van der Waals surface area contributed by atoms with Crippen LogP contribution in [0, 0.1) is 13.8 Å². The molecule has 1 N–H and O–H groups in total. The minimum absolute atomic E-state index is 0.0185. The highest BCUT2D eigenvalue weighted by molar-refractivity contribution is 7.80. The van der Waals surface area contributed by atoms with Crippen molar-refractivity contribution >= 4 is 23.3 Å². The van der Waals surface area contributed by atoms with Crippen LogP contribution in [0.3, 0.4) is 0 Å². The average Bonchev–Trinajstić information content (AvgIpc) is 3.44. The molecule has 0 spiro atoms. The molecule has 0 aromatic carbocycles. The fraction of sp³-hybridized carbons (Fsp3) is 0.500. The Labute approximate surface area is 177 Å². The third-order valence-corrected chi connectivity index (χ3v) is 6.31. The van der Waals surface area contributed by atoms with Crippen LogP contribution in [0.2, 0.25) is 0 Å². The molecule has 0 unspecified atom stereocenters. The Morgan fingerprint density at radius 1 is 1.34 bits per heavy atom. The molecule has 2 aromatic heterocycles. The Hall–Kier alpha value is -2.41. The molecule has 154 valence electrons. The second-order valence-electron chi connectivity index (χ2n) is 7.93. The monoisotopic (exact) mass is 412 g/mol. The lowest BCUT2D eigenvalue weighted by atomic mass is 9.96. The first-order valence-corrected chi connectivity index (χ1v) is 10.6. The largest absolute Gasteiger partial charge is 0.469 e. The van der Waals surface area contributed by atoms with Crippen LogP contribution < -0.4 is 5.32 Å². The Balaban J connectivity index is 1.68. The zero-order valence-electron chi connectivity index (χ0n) is 17.2. The molecule has 2 aromatic rings. The number of methoxy groups -OCH3 is 1. The van der Waals surface area contributed by atoms with E-state index in [4.69, 9.17) is 17.0 Å². The van der Waals surface area contributed by atoms with Gasteiger partial charge in [-0.25, -0.2) is 0 Å². The predicted molar refractivity (Wildman–Crippen MR) is 116 cm³/mol. The Morgan fingerprint density at radius 2 is 2.14 bits per heavy atom. The van der Waals surface area contributed by atoms with E-state index in [0.717, 1.165) is 5.69 Å². The van der Waals surface area contributed by atoms with E-state index in [9.17, 15) is 4.79 Å². The smallest absolute Gasteiger partial charge is 0.305 e. The van der Waals surface area contributed by atoms with Gasteiger partial charge in [0.15, 0.2) is 5.11 Å². The summed E-state index contributed by atoms with van der Waals surface area (Å²) in [6, 6.07) is 8.95. The van der Waals surface area contributed by atoms with E-state index in [1.54, 1.807) is 0 Å². The topological polar surface area (TPSA) is 59.4 Å². The van der Waals surface area contributed by atoms with Crippen molar-refractivity contribution in [1.82, 2.24) is 19.8 Å². The number of thiocarbonyl (C=S) groups is 1. The van der Waals surface area contributed by atoms with Gasteiger partial charge in [-0.05, 0) is 69.1 Å². The number of rotatable bonds is 7. The molecular formula is C22H28N4O2S. The summed E-state index contributed by atoms with van der Waals surface area (Å²) in [7, 11) is 1.43. The van der Waals surface area contributed by atoms with Gasteiger partial charge in [0.25, 0.3) is 0 Å². The van der Waals surface area contributed by atoms with Gasteiger partial charge in [0, 0.05) is 36.6 Å². The molecule has 2 fully saturated rings. The van der Waals surface area contributed by atoms with Gasteiger partial charge in [0.05, 0.1) is 24.9 Å². The normalized spacial score (nSPS) is 21.3. The van der Waals surface area contributed by atoms with Crippen molar-refractivity contribution in [2.24, 2.45) is 0 Å². The number of hydrogen-bond acceptors (Lipinski definition) is 4. The van der Waals surface area contributed by atoms with Gasteiger partial charge >= 0.3 is 5.97 Å². The lowest BCUT2D eigenvalue weighted by Crippen LogP contribution is -2.31. The standard InChI is InChI=1S/C22H28N4O2S/c1-14-13-17(15(2)26(14)16-9-10-16)21-20(18-7-4-5-11-23-18)24-22(29)25(21)12-6-8-19(27)28-3/h4-5,7,11,13,16,20-21H,6,8-10,12H2,1-3H3,(H,24,29)/t20-,21-/m0/s1. The van der Waals surface area contributed by atoms with Gasteiger partial charge in [-0.1, -0.05) is 6.07 Å². The van der Waals surface area contributed by atoms with Crippen LogP contribution in [0.4, 0.5) is 0 Å². The van der Waals surface area contributed by atoms with Crippen molar-refractivity contribution in [3.05, 3.63) is 53.1 Å². The molecule has 7 heteroatoms. The van der Waals surface area contributed by atoms with E-state index in [1.165, 1.54) is 36.9 Å². The second-order valence-corrected chi connectivity index (χ2v) is 8.31. The first-order valence-electron chi connectivity index (χ1n) is 10.2. The van der Waals surface area contributed by atoms with Crippen molar-refractivity contribution in [1.29, 1.82) is 0 Å². The number of pyridine rings is 1. The van der Waals surface area contributed by atoms with Crippen molar-refractivity contribution in [3.63, 3.8) is 0 Å². The van der Waals surface area contributed by atoms with E-state index >= 15 is 0 Å². The third-order valence-electron chi connectivity index (χ3n) is 5.96. The van der Waals surface area contributed by atoms with E-state index in [1.807, 2.05) is 24.4 Å². The first kappa shape index (κ1) is 19.9. The number of carbonyl (C=O) groups excluding carboxylic acids is 1. The number of aromatic nitrogens is 2. The maximum Gasteiger partial charge on any atom is 0.305 e. The molecule has 0 amide bonds. The third kappa shape index (κ3) is 3.88. The summed E-state index contributed by atoms with van der Waals surface area (Å²) in [6.07, 6.45) is 5.41. The highest BCUT2D eigenvalue weighted by Gasteiger charge is 2.41. The van der Waals surface area contributed by atoms with Crippen LogP contribution in [0.1, 0.15) is 66.5 Å². The van der Waals surface area contributed by atoms with E-state index < -0.39 is 0 Å². The van der Waals surface area contributed by atoms with Crippen LogP contribution in [-0.4, -0.2) is 39.2 Å². The molecule has 1 aliphatic heterocycles. The van der Waals surface area contributed by atoms with Crippen molar-refractivity contribution in [3.8, 4) is 0 Å². The van der Waals surface area contributed by atoms with Crippen LogP contribution in [0.5, 0.6) is 0 Å². The van der Waals surface area contributed by atoms with Crippen LogP contribution >= 0.6 is 12.2 Å². The highest BCUT2D eigenvalue weighted by Crippen LogP contribution is 2.44. The van der Waals surface area contributed by atoms with E-state index in [2.05, 4.69) is 39.7 Å². The van der Waals surface area contributed by atoms with E-state index in [0.29, 0.717) is 30.5 Å². The summed E-state index contributed by atoms with van der Waals surface area (Å²) in [5.41, 5.74) is 4.87. The lowest BCUT2D eigenvalue weighted by Gasteiger charge is -2.28. The summed E-state index contributed by atoms with van der Waals surface area (Å²) < 4.78 is 7.27. The zero-order chi connectivity index (χ0) is 20.5. The second kappa shape index (κ2) is 8.14. The minimum Gasteiger partial charge on any atom is -0.469 e. The number of nitrogens with zero attached hydrogens (tertiary/aromatic N) is 3. The van der Waals surface area contributed by atoms with Crippen molar-refractivity contribution in [2.75, 3.05) is 13.7 Å². The van der Waals surface area contributed by atoms with Crippen molar-refractivity contribution < 1.29 is 9.53 Å². The maximum atomic E-state index is 11.6. The van der Waals surface area contributed by atoms with Gasteiger partial charge in [-0.15, -0.1) is 0 Å². The fourth-order valence-electron chi connectivity index (χ4n) is 4.48. The number of aryl methyl sites for hydroxylation is 1. The van der Waals surface area contributed by atoms with Gasteiger partial charge < -0.3 is 19.5 Å². The Morgan fingerprint density at radius 3 is 2.79 bits per heavy atom. The molecule has 2 atom stereocenters. The average molecular weight is 413 g/mol. The quantitative estimate of drug-likeness (QED) is 0.552. The number of esters is 1. The first-order chi connectivity index (χ1) is 14.0. The molecule has 6 nitrogen and oxygen atoms in total. The number of ether oxygens (including phenoxy) is 1. The minimum atomic E-state index is -0.187. The summed E-state index contributed by atoms with van der Waals surface area (Å²) in [5, 5.41) is 4.21. The highest BCUT2D eigenvalue weighted by atomic mass is 32.1. The number of hydrogen-bond donors (Lipinski definition) is 1. The Kier molecular flexibility index (Phi) is 5.58. The number of nitrogens with one attached hydrogen (secondary N) is 1. The summed E-state index contributed by atoms with van der Waals surface area (Å²) in [6.45, 7) is 5.10. The van der Waals surface area contributed by atoms with E-state index in [-0.39, 0.29) is 18.1 Å². The summed E-state index contributed by atoms with van der Waals surface area (Å²) in [5.74, 6) is -0.187. The summed E-state index contributed by atoms with van der Waals surface area (Å²) in [4.78, 5) is 18.4. The van der Waals surface area contributed by atoms with Gasteiger partial charge in [-0.2, -0.15) is 0 Å². The molecule has 0 radical (unpaired) electrons.